The molecular weight excluding hydrogens is 204 g/mol. The van der Waals surface area contributed by atoms with Gasteiger partial charge in [0, 0.05) is 6.54 Å². The molecule has 0 unspecified atom stereocenters. The molecule has 0 aliphatic heterocycles. The van der Waals surface area contributed by atoms with Gasteiger partial charge in [-0.1, -0.05) is 19.1 Å². The van der Waals surface area contributed by atoms with Crippen molar-refractivity contribution in [1.82, 2.24) is 5.32 Å². The van der Waals surface area contributed by atoms with Crippen molar-refractivity contribution in [2.24, 2.45) is 5.73 Å². The third-order valence-corrected chi connectivity index (χ3v) is 2.43. The minimum absolute atomic E-state index is 0.110. The van der Waals surface area contributed by atoms with E-state index in [-0.39, 0.29) is 11.7 Å². The molecule has 4 heteroatoms. The number of hydrogen-bond acceptors (Lipinski definition) is 3. The smallest absolute Gasteiger partial charge is 0.236 e. The summed E-state index contributed by atoms with van der Waals surface area (Å²) in [5.74, 6) is 0.141. The maximum atomic E-state index is 11.3. The van der Waals surface area contributed by atoms with Gasteiger partial charge in [-0.15, -0.1) is 0 Å². The SMILES string of the molecule is CC[C@@H](N)C(=O)NCCc1ccc(O)cc1. The topological polar surface area (TPSA) is 75.4 Å². The second-order valence-electron chi connectivity index (χ2n) is 3.72. The molecule has 0 saturated heterocycles. The van der Waals surface area contributed by atoms with Gasteiger partial charge in [-0.05, 0) is 30.5 Å². The molecule has 0 saturated carbocycles. The molecule has 0 spiro atoms. The van der Waals surface area contributed by atoms with Crippen molar-refractivity contribution in [3.63, 3.8) is 0 Å². The van der Waals surface area contributed by atoms with Crippen molar-refractivity contribution in [2.45, 2.75) is 25.8 Å². The minimum atomic E-state index is -0.417. The highest BCUT2D eigenvalue weighted by molar-refractivity contribution is 5.81. The average Bonchev–Trinajstić information content (AvgIpc) is 2.30. The molecule has 1 atom stereocenters. The summed E-state index contributed by atoms with van der Waals surface area (Å²) in [5.41, 5.74) is 6.64. The number of nitrogens with two attached hydrogens (primary N) is 1. The molecule has 0 fully saturated rings. The average molecular weight is 222 g/mol. The minimum Gasteiger partial charge on any atom is -0.508 e. The largest absolute Gasteiger partial charge is 0.508 e. The van der Waals surface area contributed by atoms with E-state index in [4.69, 9.17) is 10.8 Å². The zero-order valence-corrected chi connectivity index (χ0v) is 9.44. The van der Waals surface area contributed by atoms with Crippen LogP contribution in [-0.2, 0) is 11.2 Å². The Bertz CT molecular complexity index is 335. The van der Waals surface area contributed by atoms with Gasteiger partial charge in [-0.25, -0.2) is 0 Å². The predicted octanol–water partition coefficient (Wildman–Crippen LogP) is 0.788. The van der Waals surface area contributed by atoms with Crippen molar-refractivity contribution >= 4 is 5.91 Å². The lowest BCUT2D eigenvalue weighted by molar-refractivity contribution is -0.122. The highest BCUT2D eigenvalue weighted by Crippen LogP contribution is 2.09. The van der Waals surface area contributed by atoms with E-state index in [9.17, 15) is 4.79 Å². The van der Waals surface area contributed by atoms with Crippen LogP contribution in [0.15, 0.2) is 24.3 Å². The number of hydrogen-bond donors (Lipinski definition) is 3. The molecular formula is C12H18N2O2. The van der Waals surface area contributed by atoms with Crippen LogP contribution >= 0.6 is 0 Å². The van der Waals surface area contributed by atoms with Crippen LogP contribution in [0.5, 0.6) is 5.75 Å². The third-order valence-electron chi connectivity index (χ3n) is 2.43. The Morgan fingerprint density at radius 3 is 2.62 bits per heavy atom. The number of carbonyl (C=O) groups is 1. The van der Waals surface area contributed by atoms with Gasteiger partial charge >= 0.3 is 0 Å². The first-order valence-electron chi connectivity index (χ1n) is 5.44. The van der Waals surface area contributed by atoms with Gasteiger partial charge in [-0.2, -0.15) is 0 Å². The molecule has 4 N–H and O–H groups in total. The van der Waals surface area contributed by atoms with E-state index in [1.165, 1.54) is 0 Å². The van der Waals surface area contributed by atoms with Crippen LogP contribution in [0.3, 0.4) is 0 Å². The fraction of sp³-hybridized carbons (Fsp3) is 0.417. The summed E-state index contributed by atoms with van der Waals surface area (Å²) in [6, 6.07) is 6.52. The predicted molar refractivity (Wildman–Crippen MR) is 63.1 cm³/mol. The number of phenols is 1. The molecule has 1 aromatic rings. The first-order valence-corrected chi connectivity index (χ1v) is 5.44. The zero-order valence-electron chi connectivity index (χ0n) is 9.44. The van der Waals surface area contributed by atoms with Gasteiger partial charge in [0.15, 0.2) is 0 Å². The van der Waals surface area contributed by atoms with Crippen molar-refractivity contribution in [3.8, 4) is 5.75 Å². The van der Waals surface area contributed by atoms with E-state index in [2.05, 4.69) is 5.32 Å². The molecule has 88 valence electrons. The molecule has 1 rings (SSSR count). The summed E-state index contributed by atoms with van der Waals surface area (Å²) >= 11 is 0. The monoisotopic (exact) mass is 222 g/mol. The molecule has 0 aliphatic rings. The Kier molecular flexibility index (Phi) is 4.79. The van der Waals surface area contributed by atoms with Crippen molar-refractivity contribution in [1.29, 1.82) is 0 Å². The van der Waals surface area contributed by atoms with E-state index < -0.39 is 6.04 Å². The summed E-state index contributed by atoms with van der Waals surface area (Å²) in [6.07, 6.45) is 1.38. The molecule has 0 bridgehead atoms. The summed E-state index contributed by atoms with van der Waals surface area (Å²) < 4.78 is 0. The van der Waals surface area contributed by atoms with Gasteiger partial charge in [-0.3, -0.25) is 4.79 Å². The molecule has 0 aromatic heterocycles. The zero-order chi connectivity index (χ0) is 12.0. The Balaban J connectivity index is 2.30. The number of carbonyl (C=O) groups excluding carboxylic acids is 1. The second-order valence-corrected chi connectivity index (χ2v) is 3.72. The lowest BCUT2D eigenvalue weighted by atomic mass is 10.1. The summed E-state index contributed by atoms with van der Waals surface area (Å²) in [4.78, 5) is 11.3. The van der Waals surface area contributed by atoms with Crippen LogP contribution in [0.2, 0.25) is 0 Å². The summed E-state index contributed by atoms with van der Waals surface area (Å²) in [6.45, 7) is 2.45. The lowest BCUT2D eigenvalue weighted by Crippen LogP contribution is -2.40. The fourth-order valence-electron chi connectivity index (χ4n) is 1.31. The molecule has 1 aromatic carbocycles. The maximum Gasteiger partial charge on any atom is 0.236 e. The first-order chi connectivity index (χ1) is 7.63. The Morgan fingerprint density at radius 1 is 1.44 bits per heavy atom. The van der Waals surface area contributed by atoms with Gasteiger partial charge in [0.2, 0.25) is 5.91 Å². The van der Waals surface area contributed by atoms with E-state index in [0.29, 0.717) is 13.0 Å². The van der Waals surface area contributed by atoms with E-state index in [1.807, 2.05) is 19.1 Å². The van der Waals surface area contributed by atoms with Gasteiger partial charge in [0.25, 0.3) is 0 Å². The van der Waals surface area contributed by atoms with E-state index >= 15 is 0 Å². The van der Waals surface area contributed by atoms with Crippen molar-refractivity contribution < 1.29 is 9.90 Å². The number of rotatable bonds is 5. The lowest BCUT2D eigenvalue weighted by Gasteiger charge is -2.09. The highest BCUT2D eigenvalue weighted by Gasteiger charge is 2.09. The van der Waals surface area contributed by atoms with Crippen LogP contribution in [0.4, 0.5) is 0 Å². The number of amides is 1. The summed E-state index contributed by atoms with van der Waals surface area (Å²) in [7, 11) is 0. The molecule has 16 heavy (non-hydrogen) atoms. The second kappa shape index (κ2) is 6.12. The van der Waals surface area contributed by atoms with Crippen molar-refractivity contribution in [2.75, 3.05) is 6.54 Å². The Hall–Kier alpha value is -1.55. The van der Waals surface area contributed by atoms with E-state index in [1.54, 1.807) is 12.1 Å². The van der Waals surface area contributed by atoms with Gasteiger partial charge in [0.1, 0.15) is 5.75 Å². The van der Waals surface area contributed by atoms with Gasteiger partial charge < -0.3 is 16.2 Å². The fourth-order valence-corrected chi connectivity index (χ4v) is 1.31. The quantitative estimate of drug-likeness (QED) is 0.689. The number of benzene rings is 1. The third kappa shape index (κ3) is 3.90. The van der Waals surface area contributed by atoms with Crippen LogP contribution in [0.25, 0.3) is 0 Å². The van der Waals surface area contributed by atoms with Crippen LogP contribution < -0.4 is 11.1 Å². The molecule has 0 radical (unpaired) electrons. The number of nitrogens with one attached hydrogen (secondary N) is 1. The number of aromatic hydroxyl groups is 1. The molecule has 1 amide bonds. The van der Waals surface area contributed by atoms with Crippen LogP contribution in [0, 0.1) is 0 Å². The Morgan fingerprint density at radius 2 is 2.06 bits per heavy atom. The molecule has 4 nitrogen and oxygen atoms in total. The van der Waals surface area contributed by atoms with Crippen LogP contribution in [-0.4, -0.2) is 23.6 Å². The van der Waals surface area contributed by atoms with Gasteiger partial charge in [0.05, 0.1) is 6.04 Å². The summed E-state index contributed by atoms with van der Waals surface area (Å²) in [5, 5.41) is 11.9. The Labute approximate surface area is 95.5 Å². The van der Waals surface area contributed by atoms with Crippen molar-refractivity contribution in [3.05, 3.63) is 29.8 Å². The highest BCUT2D eigenvalue weighted by atomic mass is 16.3. The standard InChI is InChI=1S/C12H18N2O2/c1-2-11(13)12(16)14-8-7-9-3-5-10(15)6-4-9/h3-6,11,15H,2,7-8,13H2,1H3,(H,14,16)/t11-/m1/s1. The number of phenolic OH excluding ortho intramolecular Hbond substituents is 1. The normalized spacial score (nSPS) is 12.1. The molecule has 0 aliphatic carbocycles. The molecule has 0 heterocycles. The first kappa shape index (κ1) is 12.5. The maximum absolute atomic E-state index is 11.3. The van der Waals surface area contributed by atoms with E-state index in [0.717, 1.165) is 12.0 Å². The van der Waals surface area contributed by atoms with Crippen LogP contribution in [0.1, 0.15) is 18.9 Å².